The van der Waals surface area contributed by atoms with Gasteiger partial charge < -0.3 is 24.2 Å². The van der Waals surface area contributed by atoms with Crippen LogP contribution in [0.5, 0.6) is 5.75 Å². The number of aliphatic hydroxyl groups excluding tert-OH is 1. The SMILES string of the molecule is OC(COc1ccc(F)cc1)CN1CCC(C2OCCO2)CC1. The van der Waals surface area contributed by atoms with E-state index in [1.807, 2.05) is 0 Å². The van der Waals surface area contributed by atoms with Crippen LogP contribution in [0.3, 0.4) is 0 Å². The van der Waals surface area contributed by atoms with Crippen molar-refractivity contribution >= 4 is 0 Å². The average molecular weight is 325 g/mol. The Morgan fingerprint density at radius 1 is 1.17 bits per heavy atom. The summed E-state index contributed by atoms with van der Waals surface area (Å²) in [7, 11) is 0. The van der Waals surface area contributed by atoms with E-state index in [0.717, 1.165) is 25.9 Å². The highest BCUT2D eigenvalue weighted by Crippen LogP contribution is 2.25. The van der Waals surface area contributed by atoms with E-state index in [1.54, 1.807) is 12.1 Å². The predicted octanol–water partition coefficient (Wildman–Crippen LogP) is 1.65. The van der Waals surface area contributed by atoms with Crippen molar-refractivity contribution in [2.24, 2.45) is 5.92 Å². The maximum atomic E-state index is 12.8. The number of benzene rings is 1. The van der Waals surface area contributed by atoms with Crippen molar-refractivity contribution in [3.05, 3.63) is 30.1 Å². The van der Waals surface area contributed by atoms with Crippen molar-refractivity contribution in [2.75, 3.05) is 39.5 Å². The molecule has 0 radical (unpaired) electrons. The van der Waals surface area contributed by atoms with E-state index in [9.17, 15) is 9.50 Å². The lowest BCUT2D eigenvalue weighted by atomic mass is 9.96. The van der Waals surface area contributed by atoms with Crippen LogP contribution in [0.2, 0.25) is 0 Å². The van der Waals surface area contributed by atoms with Crippen LogP contribution in [0.1, 0.15) is 12.8 Å². The molecule has 5 nitrogen and oxygen atoms in total. The van der Waals surface area contributed by atoms with Gasteiger partial charge in [-0.05, 0) is 50.2 Å². The summed E-state index contributed by atoms with van der Waals surface area (Å²) in [5.41, 5.74) is 0. The van der Waals surface area contributed by atoms with Gasteiger partial charge in [-0.2, -0.15) is 0 Å². The molecule has 128 valence electrons. The van der Waals surface area contributed by atoms with E-state index in [0.29, 0.717) is 31.4 Å². The molecule has 2 saturated heterocycles. The van der Waals surface area contributed by atoms with Gasteiger partial charge in [-0.25, -0.2) is 4.39 Å². The van der Waals surface area contributed by atoms with Crippen LogP contribution in [-0.2, 0) is 9.47 Å². The number of rotatable bonds is 6. The normalized spacial score (nSPS) is 22.3. The van der Waals surface area contributed by atoms with Crippen LogP contribution in [0.15, 0.2) is 24.3 Å². The van der Waals surface area contributed by atoms with E-state index in [1.165, 1.54) is 12.1 Å². The highest BCUT2D eigenvalue weighted by atomic mass is 19.1. The van der Waals surface area contributed by atoms with Crippen molar-refractivity contribution in [3.63, 3.8) is 0 Å². The number of piperidine rings is 1. The first-order valence-corrected chi connectivity index (χ1v) is 8.23. The summed E-state index contributed by atoms with van der Waals surface area (Å²) in [5, 5.41) is 10.1. The van der Waals surface area contributed by atoms with E-state index in [2.05, 4.69) is 4.90 Å². The van der Waals surface area contributed by atoms with Crippen LogP contribution < -0.4 is 4.74 Å². The molecule has 2 aliphatic rings. The summed E-state index contributed by atoms with van der Waals surface area (Å²) >= 11 is 0. The van der Waals surface area contributed by atoms with Gasteiger partial charge in [-0.15, -0.1) is 0 Å². The van der Waals surface area contributed by atoms with E-state index < -0.39 is 6.10 Å². The standard InChI is InChI=1S/C17H24FNO4/c18-14-1-3-16(4-2-14)23-12-15(20)11-19-7-5-13(6-8-19)17-21-9-10-22-17/h1-4,13,15,17,20H,5-12H2. The molecule has 0 aromatic heterocycles. The second-order valence-corrected chi connectivity index (χ2v) is 6.17. The Balaban J connectivity index is 1.35. The highest BCUT2D eigenvalue weighted by Gasteiger charge is 2.30. The van der Waals surface area contributed by atoms with Crippen molar-refractivity contribution in [1.29, 1.82) is 0 Å². The molecule has 3 rings (SSSR count). The first-order chi connectivity index (χ1) is 11.2. The maximum Gasteiger partial charge on any atom is 0.160 e. The number of nitrogens with zero attached hydrogens (tertiary/aromatic N) is 1. The summed E-state index contributed by atoms with van der Waals surface area (Å²) in [4.78, 5) is 2.24. The van der Waals surface area contributed by atoms with Crippen LogP contribution >= 0.6 is 0 Å². The first-order valence-electron chi connectivity index (χ1n) is 8.23. The average Bonchev–Trinajstić information content (AvgIpc) is 3.09. The Hall–Kier alpha value is -1.21. The monoisotopic (exact) mass is 325 g/mol. The zero-order chi connectivity index (χ0) is 16.1. The molecule has 1 atom stereocenters. The molecule has 23 heavy (non-hydrogen) atoms. The summed E-state index contributed by atoms with van der Waals surface area (Å²) in [6, 6.07) is 5.82. The Kier molecular flexibility index (Phi) is 5.83. The number of likely N-dealkylation sites (tertiary alicyclic amines) is 1. The van der Waals surface area contributed by atoms with Gasteiger partial charge in [0.15, 0.2) is 6.29 Å². The molecule has 6 heteroatoms. The summed E-state index contributed by atoms with van der Waals surface area (Å²) in [5.74, 6) is 0.733. The fraction of sp³-hybridized carbons (Fsp3) is 0.647. The molecular weight excluding hydrogens is 301 g/mol. The summed E-state index contributed by atoms with van der Waals surface area (Å²) < 4.78 is 29.4. The van der Waals surface area contributed by atoms with Gasteiger partial charge in [-0.3, -0.25) is 0 Å². The lowest BCUT2D eigenvalue weighted by molar-refractivity contribution is -0.0989. The van der Waals surface area contributed by atoms with Crippen molar-refractivity contribution in [1.82, 2.24) is 4.90 Å². The molecule has 0 bridgehead atoms. The minimum atomic E-state index is -0.560. The first kappa shape index (κ1) is 16.6. The zero-order valence-corrected chi connectivity index (χ0v) is 13.2. The van der Waals surface area contributed by atoms with Gasteiger partial charge >= 0.3 is 0 Å². The number of halogens is 1. The number of hydrogen-bond acceptors (Lipinski definition) is 5. The quantitative estimate of drug-likeness (QED) is 0.862. The van der Waals surface area contributed by atoms with Gasteiger partial charge in [0.25, 0.3) is 0 Å². The number of ether oxygens (including phenoxy) is 3. The molecule has 2 fully saturated rings. The van der Waals surface area contributed by atoms with Crippen molar-refractivity contribution < 1.29 is 23.7 Å². The number of hydrogen-bond donors (Lipinski definition) is 1. The smallest absolute Gasteiger partial charge is 0.160 e. The Bertz CT molecular complexity index is 470. The van der Waals surface area contributed by atoms with Gasteiger partial charge in [-0.1, -0.05) is 0 Å². The van der Waals surface area contributed by atoms with Crippen molar-refractivity contribution in [2.45, 2.75) is 25.2 Å². The molecule has 0 spiro atoms. The molecule has 0 amide bonds. The molecular formula is C17H24FNO4. The molecule has 2 aliphatic heterocycles. The minimum absolute atomic E-state index is 0.0381. The van der Waals surface area contributed by atoms with Crippen LogP contribution in [0.4, 0.5) is 4.39 Å². The Labute approximate surface area is 135 Å². The molecule has 0 saturated carbocycles. The molecule has 1 aromatic rings. The van der Waals surface area contributed by atoms with Gasteiger partial charge in [0.05, 0.1) is 13.2 Å². The molecule has 1 aromatic carbocycles. The fourth-order valence-electron chi connectivity index (χ4n) is 3.13. The highest BCUT2D eigenvalue weighted by molar-refractivity contribution is 5.22. The molecule has 1 unspecified atom stereocenters. The largest absolute Gasteiger partial charge is 0.491 e. The van der Waals surface area contributed by atoms with E-state index in [-0.39, 0.29) is 18.7 Å². The van der Waals surface area contributed by atoms with Gasteiger partial charge in [0, 0.05) is 12.5 Å². The van der Waals surface area contributed by atoms with Gasteiger partial charge in [0.2, 0.25) is 0 Å². The topological polar surface area (TPSA) is 51.2 Å². The maximum absolute atomic E-state index is 12.8. The van der Waals surface area contributed by atoms with Crippen LogP contribution in [0, 0.1) is 11.7 Å². The van der Waals surface area contributed by atoms with Crippen LogP contribution in [-0.4, -0.2) is 61.9 Å². The Morgan fingerprint density at radius 3 is 2.48 bits per heavy atom. The summed E-state index contributed by atoms with van der Waals surface area (Å²) in [6.07, 6.45) is 1.45. The van der Waals surface area contributed by atoms with E-state index in [4.69, 9.17) is 14.2 Å². The van der Waals surface area contributed by atoms with Gasteiger partial charge in [0.1, 0.15) is 24.3 Å². The number of β-amino-alcohol motifs (C(OH)–C–C–N with tert-alkyl or cyclic N) is 1. The third kappa shape index (κ3) is 4.88. The summed E-state index contributed by atoms with van der Waals surface area (Å²) in [6.45, 7) is 4.05. The third-order valence-electron chi connectivity index (χ3n) is 4.39. The van der Waals surface area contributed by atoms with E-state index >= 15 is 0 Å². The predicted molar refractivity (Wildman–Crippen MR) is 82.8 cm³/mol. The van der Waals surface area contributed by atoms with Crippen molar-refractivity contribution in [3.8, 4) is 5.75 Å². The minimum Gasteiger partial charge on any atom is -0.491 e. The molecule has 1 N–H and O–H groups in total. The lowest BCUT2D eigenvalue weighted by Crippen LogP contribution is -2.42. The fourth-order valence-corrected chi connectivity index (χ4v) is 3.13. The third-order valence-corrected chi connectivity index (χ3v) is 4.39. The lowest BCUT2D eigenvalue weighted by Gasteiger charge is -2.34. The second-order valence-electron chi connectivity index (χ2n) is 6.17. The zero-order valence-electron chi connectivity index (χ0n) is 13.2. The van der Waals surface area contributed by atoms with Crippen LogP contribution in [0.25, 0.3) is 0 Å². The number of aliphatic hydroxyl groups is 1. The Morgan fingerprint density at radius 2 is 1.83 bits per heavy atom. The molecule has 2 heterocycles. The molecule has 0 aliphatic carbocycles. The second kappa shape index (κ2) is 8.06.